The Kier molecular flexibility index (Phi) is 10.4. The number of aromatic nitrogens is 6. The molecule has 250 valence electrons. The minimum atomic E-state index is -4.66. The first-order valence-electron chi connectivity index (χ1n) is 14.6. The molecule has 0 radical (unpaired) electrons. The second-order valence-electron chi connectivity index (χ2n) is 11.7. The number of halogens is 6. The molecule has 0 bridgehead atoms. The van der Waals surface area contributed by atoms with Crippen molar-refractivity contribution in [1.82, 2.24) is 29.5 Å². The predicted molar refractivity (Wildman–Crippen MR) is 161 cm³/mol. The predicted octanol–water partition coefficient (Wildman–Crippen LogP) is 9.32. The Hall–Kier alpha value is -3.99. The summed E-state index contributed by atoms with van der Waals surface area (Å²) in [5.41, 5.74) is 1.57. The zero-order valence-electron chi connectivity index (χ0n) is 26.2. The average Bonchev–Trinajstić information content (AvgIpc) is 3.69. The van der Waals surface area contributed by atoms with Crippen molar-refractivity contribution in [2.24, 2.45) is 0 Å². The van der Waals surface area contributed by atoms with Gasteiger partial charge in [-0.25, -0.2) is 0 Å². The third-order valence-electron chi connectivity index (χ3n) is 7.30. The number of alkyl halides is 6. The molecule has 5 aromatic rings. The fraction of sp³-hybridized carbons (Fsp3) is 0.333. The summed E-state index contributed by atoms with van der Waals surface area (Å²) in [7, 11) is 0. The molecule has 0 fully saturated rings. The maximum Gasteiger partial charge on any atom is 2.00 e. The topological polar surface area (TPSA) is 64.7 Å². The van der Waals surface area contributed by atoms with Crippen LogP contribution in [0.4, 0.5) is 43.7 Å². The Labute approximate surface area is 282 Å². The van der Waals surface area contributed by atoms with Gasteiger partial charge >= 0.3 is 33.4 Å². The van der Waals surface area contributed by atoms with Crippen LogP contribution in [0.5, 0.6) is 0 Å². The molecular weight excluding hydrogens is 803 g/mol. The molecule has 47 heavy (non-hydrogen) atoms. The molecule has 7 nitrogen and oxygen atoms in total. The quantitative estimate of drug-likeness (QED) is 0.115. The van der Waals surface area contributed by atoms with Crippen molar-refractivity contribution in [1.29, 1.82) is 0 Å². The molecule has 0 aliphatic carbocycles. The van der Waals surface area contributed by atoms with Crippen LogP contribution in [0.25, 0.3) is 11.6 Å². The Balaban J connectivity index is 0.00000500. The first kappa shape index (κ1) is 35.9. The van der Waals surface area contributed by atoms with E-state index in [1.54, 1.807) is 29.2 Å². The van der Waals surface area contributed by atoms with Gasteiger partial charge < -0.3 is 9.36 Å². The van der Waals surface area contributed by atoms with Crippen LogP contribution < -0.4 is 4.90 Å². The largest absolute Gasteiger partial charge is 2.00 e. The minimum absolute atomic E-state index is 0. The molecular formula is C33H31F6N7Pt. The maximum absolute atomic E-state index is 13.3. The summed E-state index contributed by atoms with van der Waals surface area (Å²) in [6, 6.07) is 15.3. The standard InChI is InChI=1S/C33H31F6N7.Pt/c1-19(2)22-17-23(20(3)4)31(24(18-22)21(5)6)46(29-11-7-9-27(40-29)44-15-13-25(42-44)32(34,35)36)30-12-8-10-28(41-30)45-16-14-26(43-45)33(37,38)39;/h7-14,17-21H,1-6H3;/q-2;+2. The molecule has 0 saturated carbocycles. The zero-order valence-corrected chi connectivity index (χ0v) is 28.5. The Morgan fingerprint density at radius 2 is 1.04 bits per heavy atom. The van der Waals surface area contributed by atoms with E-state index in [4.69, 9.17) is 9.97 Å². The molecule has 14 heteroatoms. The van der Waals surface area contributed by atoms with Crippen LogP contribution in [0.2, 0.25) is 0 Å². The minimum Gasteiger partial charge on any atom is -0.343 e. The van der Waals surface area contributed by atoms with Crippen molar-refractivity contribution < 1.29 is 47.4 Å². The molecule has 1 aromatic carbocycles. The van der Waals surface area contributed by atoms with Crippen LogP contribution in [0, 0.1) is 12.4 Å². The van der Waals surface area contributed by atoms with Crippen molar-refractivity contribution in [2.45, 2.75) is 71.6 Å². The van der Waals surface area contributed by atoms with Gasteiger partial charge in [-0.2, -0.15) is 26.3 Å². The van der Waals surface area contributed by atoms with Gasteiger partial charge in [-0.3, -0.25) is 25.1 Å². The molecule has 0 spiro atoms. The summed E-state index contributed by atoms with van der Waals surface area (Å²) in [5.74, 6) is 0.977. The van der Waals surface area contributed by atoms with Crippen molar-refractivity contribution in [3.63, 3.8) is 0 Å². The maximum atomic E-state index is 13.3. The van der Waals surface area contributed by atoms with Crippen molar-refractivity contribution in [2.75, 3.05) is 4.90 Å². The molecule has 0 saturated heterocycles. The van der Waals surface area contributed by atoms with Crippen LogP contribution >= 0.6 is 0 Å². The molecule has 0 aliphatic heterocycles. The van der Waals surface area contributed by atoms with Crippen LogP contribution in [-0.4, -0.2) is 29.5 Å². The fourth-order valence-electron chi connectivity index (χ4n) is 4.92. The third kappa shape index (κ3) is 7.61. The van der Waals surface area contributed by atoms with Gasteiger partial charge in [-0.15, -0.1) is 12.1 Å². The summed E-state index contributed by atoms with van der Waals surface area (Å²) in [6.45, 7) is 12.4. The van der Waals surface area contributed by atoms with Gasteiger partial charge in [0.1, 0.15) is 11.6 Å². The molecule has 0 aliphatic rings. The zero-order chi connectivity index (χ0) is 33.6. The number of nitrogens with zero attached hydrogens (tertiary/aromatic N) is 7. The van der Waals surface area contributed by atoms with E-state index < -0.39 is 23.7 Å². The number of rotatable bonds is 8. The van der Waals surface area contributed by atoms with Crippen LogP contribution in [0.3, 0.4) is 0 Å². The number of hydrogen-bond acceptors (Lipinski definition) is 5. The van der Waals surface area contributed by atoms with Gasteiger partial charge in [-0.05, 0) is 46.6 Å². The van der Waals surface area contributed by atoms with Crippen LogP contribution in [0.1, 0.15) is 87.4 Å². The van der Waals surface area contributed by atoms with Crippen LogP contribution in [-0.2, 0) is 33.4 Å². The van der Waals surface area contributed by atoms with Crippen molar-refractivity contribution >= 4 is 17.3 Å². The third-order valence-corrected chi connectivity index (χ3v) is 7.30. The van der Waals surface area contributed by atoms with Crippen molar-refractivity contribution in [3.8, 4) is 11.6 Å². The second kappa shape index (κ2) is 13.6. The van der Waals surface area contributed by atoms with E-state index in [2.05, 4.69) is 48.6 Å². The fourth-order valence-corrected chi connectivity index (χ4v) is 4.92. The molecule has 0 unspecified atom stereocenters. The van der Waals surface area contributed by atoms with Gasteiger partial charge in [0.05, 0.1) is 28.7 Å². The molecule has 4 heterocycles. The van der Waals surface area contributed by atoms with E-state index in [0.717, 1.165) is 43.9 Å². The Morgan fingerprint density at radius 1 is 0.638 bits per heavy atom. The SMILES string of the molecule is CC(C)c1cc(C(C)C)c(N(c2cccc(-n3[c-]cc(C(F)(F)F)n3)n2)c2cccc(-n3[c-]cc(C(F)(F)F)n3)n2)c(C(C)C)c1.[Pt+2]. The smallest absolute Gasteiger partial charge is 0.343 e. The molecule has 5 rings (SSSR count). The van der Waals surface area contributed by atoms with Gasteiger partial charge in [0.2, 0.25) is 0 Å². The number of benzene rings is 1. The Bertz CT molecular complexity index is 1710. The summed E-state index contributed by atoms with van der Waals surface area (Å²) in [6.07, 6.45) is -4.37. The summed E-state index contributed by atoms with van der Waals surface area (Å²) in [5, 5.41) is 7.26. The van der Waals surface area contributed by atoms with Gasteiger partial charge in [-0.1, -0.05) is 90.3 Å². The van der Waals surface area contributed by atoms with E-state index >= 15 is 0 Å². The number of anilines is 3. The summed E-state index contributed by atoms with van der Waals surface area (Å²) < 4.78 is 81.9. The van der Waals surface area contributed by atoms with E-state index in [-0.39, 0.29) is 50.5 Å². The van der Waals surface area contributed by atoms with E-state index in [1.807, 2.05) is 27.7 Å². The number of pyridine rings is 2. The summed E-state index contributed by atoms with van der Waals surface area (Å²) in [4.78, 5) is 11.2. The first-order valence-corrected chi connectivity index (χ1v) is 14.6. The van der Waals surface area contributed by atoms with Gasteiger partial charge in [0.25, 0.3) is 0 Å². The summed E-state index contributed by atoms with van der Waals surface area (Å²) >= 11 is 0. The average molecular weight is 835 g/mol. The van der Waals surface area contributed by atoms with E-state index in [0.29, 0.717) is 11.6 Å². The monoisotopic (exact) mass is 834 g/mol. The second-order valence-corrected chi connectivity index (χ2v) is 11.7. The number of hydrogen-bond donors (Lipinski definition) is 0. The van der Waals surface area contributed by atoms with Gasteiger partial charge in [0, 0.05) is 0 Å². The molecule has 0 amide bonds. The van der Waals surface area contributed by atoms with E-state index in [1.165, 1.54) is 12.1 Å². The van der Waals surface area contributed by atoms with E-state index in [9.17, 15) is 26.3 Å². The molecule has 4 aromatic heterocycles. The first-order chi connectivity index (χ1) is 21.5. The molecule has 0 N–H and O–H groups in total. The normalized spacial score (nSPS) is 12.2. The van der Waals surface area contributed by atoms with Crippen LogP contribution in [0.15, 0.2) is 60.7 Å². The molecule has 0 atom stereocenters. The van der Waals surface area contributed by atoms with Crippen molar-refractivity contribution in [3.05, 3.63) is 101 Å². The van der Waals surface area contributed by atoms with Gasteiger partial charge in [0.15, 0.2) is 0 Å². The Morgan fingerprint density at radius 3 is 1.36 bits per heavy atom.